The third kappa shape index (κ3) is 3.08. The van der Waals surface area contributed by atoms with Gasteiger partial charge in [0.05, 0.1) is 5.75 Å². The molecule has 0 spiro atoms. The van der Waals surface area contributed by atoms with Crippen LogP contribution in [0, 0.1) is 0 Å². The molecule has 0 saturated heterocycles. The van der Waals surface area contributed by atoms with Gasteiger partial charge < -0.3 is 10.3 Å². The molecule has 2 N–H and O–H groups in total. The first kappa shape index (κ1) is 12.1. The summed E-state index contributed by atoms with van der Waals surface area (Å²) in [6.07, 6.45) is 0. The number of rotatable bonds is 5. The van der Waals surface area contributed by atoms with Crippen molar-refractivity contribution in [3.05, 3.63) is 35.7 Å². The van der Waals surface area contributed by atoms with Crippen LogP contribution in [0.1, 0.15) is 18.3 Å². The van der Waals surface area contributed by atoms with Crippen molar-refractivity contribution in [3.63, 3.8) is 0 Å². The van der Waals surface area contributed by atoms with Gasteiger partial charge in [0, 0.05) is 12.1 Å². The van der Waals surface area contributed by atoms with Crippen molar-refractivity contribution in [2.75, 3.05) is 5.75 Å². The van der Waals surface area contributed by atoms with Crippen LogP contribution in [0.4, 0.5) is 0 Å². The lowest BCUT2D eigenvalue weighted by Gasteiger charge is -1.98. The van der Waals surface area contributed by atoms with E-state index in [-0.39, 0.29) is 0 Å². The second-order valence-electron chi connectivity index (χ2n) is 3.56. The summed E-state index contributed by atoms with van der Waals surface area (Å²) in [5.41, 5.74) is 7.58. The van der Waals surface area contributed by atoms with Crippen LogP contribution in [0.3, 0.4) is 0 Å². The Morgan fingerprint density at radius 3 is 3.06 bits per heavy atom. The molecule has 1 aromatic heterocycles. The van der Waals surface area contributed by atoms with Crippen LogP contribution in [0.25, 0.3) is 11.5 Å². The van der Waals surface area contributed by atoms with E-state index in [2.05, 4.69) is 17.1 Å². The average Bonchev–Trinajstić information content (AvgIpc) is 2.85. The van der Waals surface area contributed by atoms with Gasteiger partial charge in [0.2, 0.25) is 0 Å². The number of nitrogens with two attached hydrogens (primary N) is 1. The van der Waals surface area contributed by atoms with E-state index >= 15 is 0 Å². The predicted octanol–water partition coefficient (Wildman–Crippen LogP) is 2.45. The lowest BCUT2D eigenvalue weighted by molar-refractivity contribution is 0.425. The number of nitrogens with zero attached hydrogens (tertiary/aromatic N) is 2. The highest BCUT2D eigenvalue weighted by atomic mass is 32.2. The van der Waals surface area contributed by atoms with E-state index in [0.29, 0.717) is 12.4 Å². The lowest BCUT2D eigenvalue weighted by Crippen LogP contribution is -1.95. The predicted molar refractivity (Wildman–Crippen MR) is 69.5 cm³/mol. The maximum Gasteiger partial charge on any atom is 0.257 e. The highest BCUT2D eigenvalue weighted by Gasteiger charge is 2.08. The third-order valence-corrected chi connectivity index (χ3v) is 3.18. The fraction of sp³-hybridized carbons (Fsp3) is 0.333. The Kier molecular flexibility index (Phi) is 4.17. The molecule has 0 aliphatic carbocycles. The van der Waals surface area contributed by atoms with Gasteiger partial charge in [-0.2, -0.15) is 16.7 Å². The van der Waals surface area contributed by atoms with E-state index in [9.17, 15) is 0 Å². The summed E-state index contributed by atoms with van der Waals surface area (Å²) in [5, 5.41) is 3.95. The van der Waals surface area contributed by atoms with E-state index in [4.69, 9.17) is 10.3 Å². The van der Waals surface area contributed by atoms with Crippen molar-refractivity contribution in [1.82, 2.24) is 10.1 Å². The van der Waals surface area contributed by atoms with Crippen molar-refractivity contribution in [2.24, 2.45) is 5.73 Å². The molecule has 1 heterocycles. The fourth-order valence-corrected chi connectivity index (χ4v) is 1.96. The van der Waals surface area contributed by atoms with E-state index < -0.39 is 0 Å². The maximum absolute atomic E-state index is 5.60. The third-order valence-electron chi connectivity index (χ3n) is 2.31. The molecule has 4 nitrogen and oxygen atoms in total. The molecule has 0 radical (unpaired) electrons. The van der Waals surface area contributed by atoms with Gasteiger partial charge in [0.1, 0.15) is 0 Å². The molecule has 0 unspecified atom stereocenters. The normalized spacial score (nSPS) is 10.7. The number of benzene rings is 1. The molecule has 0 aliphatic heterocycles. The van der Waals surface area contributed by atoms with Gasteiger partial charge in [-0.05, 0) is 23.4 Å². The quantitative estimate of drug-likeness (QED) is 0.881. The minimum Gasteiger partial charge on any atom is -0.334 e. The topological polar surface area (TPSA) is 64.9 Å². The fourth-order valence-electron chi connectivity index (χ4n) is 1.45. The van der Waals surface area contributed by atoms with Gasteiger partial charge in [-0.15, -0.1) is 0 Å². The number of hydrogen-bond acceptors (Lipinski definition) is 5. The zero-order chi connectivity index (χ0) is 12.1. The van der Waals surface area contributed by atoms with Gasteiger partial charge in [0.25, 0.3) is 5.89 Å². The number of hydrogen-bond donors (Lipinski definition) is 1. The maximum atomic E-state index is 5.60. The van der Waals surface area contributed by atoms with E-state index in [1.165, 1.54) is 0 Å². The van der Waals surface area contributed by atoms with Crippen molar-refractivity contribution in [3.8, 4) is 11.5 Å². The Labute approximate surface area is 105 Å². The summed E-state index contributed by atoms with van der Waals surface area (Å²) in [5.74, 6) is 3.14. The minimum atomic E-state index is 0.514. The summed E-state index contributed by atoms with van der Waals surface area (Å²) >= 11 is 1.77. The lowest BCUT2D eigenvalue weighted by atomic mass is 10.1. The summed E-state index contributed by atoms with van der Waals surface area (Å²) < 4.78 is 5.23. The first-order chi connectivity index (χ1) is 8.33. The molecular weight excluding hydrogens is 234 g/mol. The van der Waals surface area contributed by atoms with Crippen molar-refractivity contribution in [1.29, 1.82) is 0 Å². The Bertz CT molecular complexity index is 484. The molecule has 17 heavy (non-hydrogen) atoms. The molecule has 0 atom stereocenters. The molecule has 0 bridgehead atoms. The Hall–Kier alpha value is -1.33. The van der Waals surface area contributed by atoms with Gasteiger partial charge in [-0.1, -0.05) is 24.2 Å². The smallest absolute Gasteiger partial charge is 0.257 e. The second kappa shape index (κ2) is 5.84. The van der Waals surface area contributed by atoms with Crippen molar-refractivity contribution < 1.29 is 4.52 Å². The van der Waals surface area contributed by atoms with Gasteiger partial charge in [-0.25, -0.2) is 0 Å². The summed E-state index contributed by atoms with van der Waals surface area (Å²) in [4.78, 5) is 4.35. The number of thioether (sulfide) groups is 1. The summed E-state index contributed by atoms with van der Waals surface area (Å²) in [7, 11) is 0. The van der Waals surface area contributed by atoms with Crippen LogP contribution in [0.5, 0.6) is 0 Å². The summed E-state index contributed by atoms with van der Waals surface area (Å²) in [6.45, 7) is 2.62. The van der Waals surface area contributed by atoms with Crippen LogP contribution in [-0.4, -0.2) is 15.9 Å². The molecule has 2 aromatic rings. The Morgan fingerprint density at radius 1 is 1.41 bits per heavy atom. The van der Waals surface area contributed by atoms with E-state index in [1.54, 1.807) is 11.8 Å². The van der Waals surface area contributed by atoms with Gasteiger partial charge in [0.15, 0.2) is 5.82 Å². The zero-order valence-electron chi connectivity index (χ0n) is 9.72. The monoisotopic (exact) mass is 249 g/mol. The number of aromatic nitrogens is 2. The Balaban J connectivity index is 2.18. The molecular formula is C12H15N3OS. The molecule has 0 saturated carbocycles. The zero-order valence-corrected chi connectivity index (χ0v) is 10.5. The highest BCUT2D eigenvalue weighted by molar-refractivity contribution is 7.98. The molecule has 90 valence electrons. The average molecular weight is 249 g/mol. The Morgan fingerprint density at radius 2 is 2.29 bits per heavy atom. The van der Waals surface area contributed by atoms with Gasteiger partial charge in [-0.3, -0.25) is 0 Å². The van der Waals surface area contributed by atoms with Crippen molar-refractivity contribution in [2.45, 2.75) is 19.2 Å². The molecule has 0 fully saturated rings. The molecule has 0 aliphatic rings. The van der Waals surface area contributed by atoms with Crippen molar-refractivity contribution >= 4 is 11.8 Å². The largest absolute Gasteiger partial charge is 0.334 e. The molecule has 5 heteroatoms. The van der Waals surface area contributed by atoms with Gasteiger partial charge >= 0.3 is 0 Å². The SMILES string of the molecule is CCSCc1noc(-c2cccc(CN)c2)n1. The highest BCUT2D eigenvalue weighted by Crippen LogP contribution is 2.19. The molecule has 2 rings (SSSR count). The molecule has 1 aromatic carbocycles. The summed E-state index contributed by atoms with van der Waals surface area (Å²) in [6, 6.07) is 7.85. The van der Waals surface area contributed by atoms with Crippen LogP contribution in [0.2, 0.25) is 0 Å². The first-order valence-electron chi connectivity index (χ1n) is 5.53. The first-order valence-corrected chi connectivity index (χ1v) is 6.68. The molecule has 0 amide bonds. The van der Waals surface area contributed by atoms with E-state index in [0.717, 1.165) is 28.5 Å². The van der Waals surface area contributed by atoms with Crippen LogP contribution in [-0.2, 0) is 12.3 Å². The van der Waals surface area contributed by atoms with E-state index in [1.807, 2.05) is 24.3 Å². The van der Waals surface area contributed by atoms with Crippen LogP contribution >= 0.6 is 11.8 Å². The second-order valence-corrected chi connectivity index (χ2v) is 4.83. The standard InChI is InChI=1S/C12H15N3OS/c1-2-17-8-11-14-12(16-15-11)10-5-3-4-9(6-10)7-13/h3-6H,2,7-8,13H2,1H3. The van der Waals surface area contributed by atoms with Crippen LogP contribution < -0.4 is 5.73 Å². The van der Waals surface area contributed by atoms with Crippen LogP contribution in [0.15, 0.2) is 28.8 Å². The minimum absolute atomic E-state index is 0.514.